The number of benzene rings is 2. The molecular weight excluding hydrogens is 362 g/mol. The third-order valence-corrected chi connectivity index (χ3v) is 5.99. The number of piperidine rings is 1. The molecule has 3 atom stereocenters. The molecule has 4 rings (SSSR count). The number of hydrogen-bond donors (Lipinski definition) is 0. The maximum absolute atomic E-state index is 13.1. The standard InChI is InChI=1S/C25H31NO3/c1-24(2,3)29-23(27)26-16-10-15-25(22(26)20-13-8-5-9-14-20)17-21(18-28-25)19-11-6-4-7-12-19/h4-9,11-14,21-22H,10,15-18H2,1-3H3/t21?,22?,25-/m1/s1. The maximum Gasteiger partial charge on any atom is 0.410 e. The minimum absolute atomic E-state index is 0.138. The molecule has 0 aliphatic carbocycles. The number of likely N-dealkylation sites (tertiary alicyclic amines) is 1. The highest BCUT2D eigenvalue weighted by Crippen LogP contribution is 2.51. The van der Waals surface area contributed by atoms with Gasteiger partial charge in [-0.2, -0.15) is 0 Å². The normalized spacial score (nSPS) is 27.2. The molecule has 0 N–H and O–H groups in total. The number of carbonyl (C=O) groups is 1. The van der Waals surface area contributed by atoms with Crippen molar-refractivity contribution >= 4 is 6.09 Å². The van der Waals surface area contributed by atoms with E-state index in [1.807, 2.05) is 49.9 Å². The van der Waals surface area contributed by atoms with Gasteiger partial charge >= 0.3 is 6.09 Å². The van der Waals surface area contributed by atoms with E-state index in [0.717, 1.165) is 24.8 Å². The zero-order valence-corrected chi connectivity index (χ0v) is 17.6. The number of amides is 1. The average Bonchev–Trinajstić information content (AvgIpc) is 3.12. The Morgan fingerprint density at radius 3 is 2.28 bits per heavy atom. The molecule has 4 heteroatoms. The van der Waals surface area contributed by atoms with Crippen molar-refractivity contribution in [1.29, 1.82) is 0 Å². The van der Waals surface area contributed by atoms with Crippen molar-refractivity contribution in [1.82, 2.24) is 4.90 Å². The molecule has 2 heterocycles. The fraction of sp³-hybridized carbons (Fsp3) is 0.480. The Bertz CT molecular complexity index is 830. The van der Waals surface area contributed by atoms with Crippen molar-refractivity contribution < 1.29 is 14.3 Å². The molecular formula is C25H31NO3. The van der Waals surface area contributed by atoms with Crippen LogP contribution >= 0.6 is 0 Å². The van der Waals surface area contributed by atoms with Crippen molar-refractivity contribution in [3.63, 3.8) is 0 Å². The zero-order valence-electron chi connectivity index (χ0n) is 17.6. The molecule has 0 bridgehead atoms. The summed E-state index contributed by atoms with van der Waals surface area (Å²) in [5.41, 5.74) is 1.53. The van der Waals surface area contributed by atoms with Crippen LogP contribution in [0, 0.1) is 0 Å². The Morgan fingerprint density at radius 2 is 1.66 bits per heavy atom. The Hall–Kier alpha value is -2.33. The number of carbonyl (C=O) groups excluding carboxylic acids is 1. The summed E-state index contributed by atoms with van der Waals surface area (Å²) in [7, 11) is 0. The topological polar surface area (TPSA) is 38.8 Å². The number of ether oxygens (including phenoxy) is 2. The van der Waals surface area contributed by atoms with Crippen LogP contribution in [0.25, 0.3) is 0 Å². The van der Waals surface area contributed by atoms with E-state index >= 15 is 0 Å². The molecule has 4 nitrogen and oxygen atoms in total. The number of rotatable bonds is 2. The highest BCUT2D eigenvalue weighted by molar-refractivity contribution is 5.69. The first-order valence-corrected chi connectivity index (χ1v) is 10.6. The average molecular weight is 394 g/mol. The van der Waals surface area contributed by atoms with Gasteiger partial charge in [-0.25, -0.2) is 4.79 Å². The third-order valence-electron chi connectivity index (χ3n) is 5.99. The largest absolute Gasteiger partial charge is 0.444 e. The fourth-order valence-electron chi connectivity index (χ4n) is 4.84. The summed E-state index contributed by atoms with van der Waals surface area (Å²) in [6.07, 6.45) is 2.53. The quantitative estimate of drug-likeness (QED) is 0.657. The predicted octanol–water partition coefficient (Wildman–Crippen LogP) is 5.70. The molecule has 2 saturated heterocycles. The lowest BCUT2D eigenvalue weighted by Gasteiger charge is -2.47. The summed E-state index contributed by atoms with van der Waals surface area (Å²) in [5.74, 6) is 0.348. The molecule has 154 valence electrons. The van der Waals surface area contributed by atoms with Crippen LogP contribution in [0.2, 0.25) is 0 Å². The lowest BCUT2D eigenvalue weighted by molar-refractivity contribution is -0.0981. The smallest absolute Gasteiger partial charge is 0.410 e. The first-order valence-electron chi connectivity index (χ1n) is 10.6. The van der Waals surface area contributed by atoms with Crippen LogP contribution in [0.15, 0.2) is 60.7 Å². The van der Waals surface area contributed by atoms with Crippen LogP contribution in [0.5, 0.6) is 0 Å². The molecule has 1 amide bonds. The third kappa shape index (κ3) is 4.18. The molecule has 2 aliphatic rings. The second kappa shape index (κ2) is 7.83. The fourth-order valence-corrected chi connectivity index (χ4v) is 4.84. The minimum Gasteiger partial charge on any atom is -0.444 e. The molecule has 2 aliphatic heterocycles. The van der Waals surface area contributed by atoms with E-state index in [1.54, 1.807) is 0 Å². The summed E-state index contributed by atoms with van der Waals surface area (Å²) in [4.78, 5) is 15.0. The van der Waals surface area contributed by atoms with Crippen LogP contribution < -0.4 is 0 Å². The Kier molecular flexibility index (Phi) is 5.39. The number of hydrogen-bond acceptors (Lipinski definition) is 3. The molecule has 1 spiro atoms. The van der Waals surface area contributed by atoms with E-state index in [4.69, 9.17) is 9.47 Å². The van der Waals surface area contributed by atoms with Crippen LogP contribution in [-0.2, 0) is 9.47 Å². The van der Waals surface area contributed by atoms with Crippen LogP contribution in [0.1, 0.15) is 63.1 Å². The lowest BCUT2D eigenvalue weighted by atomic mass is 9.76. The van der Waals surface area contributed by atoms with Crippen molar-refractivity contribution in [2.24, 2.45) is 0 Å². The summed E-state index contributed by atoms with van der Waals surface area (Å²) < 4.78 is 12.4. The monoisotopic (exact) mass is 393 g/mol. The van der Waals surface area contributed by atoms with E-state index in [0.29, 0.717) is 19.1 Å². The summed E-state index contributed by atoms with van der Waals surface area (Å²) in [6, 6.07) is 20.7. The molecule has 2 unspecified atom stereocenters. The van der Waals surface area contributed by atoms with Gasteiger partial charge in [0.1, 0.15) is 5.60 Å². The van der Waals surface area contributed by atoms with Crippen LogP contribution in [0.4, 0.5) is 4.79 Å². The Morgan fingerprint density at radius 1 is 1.03 bits per heavy atom. The molecule has 2 aromatic carbocycles. The molecule has 0 saturated carbocycles. The van der Waals surface area contributed by atoms with Gasteiger partial charge in [0, 0.05) is 12.5 Å². The van der Waals surface area contributed by atoms with Crippen LogP contribution in [-0.4, -0.2) is 35.3 Å². The van der Waals surface area contributed by atoms with Gasteiger partial charge in [0.2, 0.25) is 0 Å². The van der Waals surface area contributed by atoms with Gasteiger partial charge in [0.05, 0.1) is 18.2 Å². The van der Waals surface area contributed by atoms with E-state index < -0.39 is 5.60 Å². The van der Waals surface area contributed by atoms with E-state index in [9.17, 15) is 4.79 Å². The minimum atomic E-state index is -0.522. The highest BCUT2D eigenvalue weighted by Gasteiger charge is 2.53. The maximum atomic E-state index is 13.1. The molecule has 29 heavy (non-hydrogen) atoms. The van der Waals surface area contributed by atoms with Crippen molar-refractivity contribution in [3.8, 4) is 0 Å². The van der Waals surface area contributed by atoms with E-state index in [-0.39, 0.29) is 17.7 Å². The molecule has 0 radical (unpaired) electrons. The molecule has 2 fully saturated rings. The lowest BCUT2D eigenvalue weighted by Crippen LogP contribution is -2.53. The molecule has 0 aromatic heterocycles. The van der Waals surface area contributed by atoms with Crippen molar-refractivity contribution in [3.05, 3.63) is 71.8 Å². The zero-order chi connectivity index (χ0) is 20.5. The van der Waals surface area contributed by atoms with Gasteiger partial charge in [0.15, 0.2) is 0 Å². The predicted molar refractivity (Wildman–Crippen MR) is 114 cm³/mol. The van der Waals surface area contributed by atoms with Gasteiger partial charge in [0.25, 0.3) is 0 Å². The first kappa shape index (κ1) is 20.0. The summed E-state index contributed by atoms with van der Waals surface area (Å²) >= 11 is 0. The highest BCUT2D eigenvalue weighted by atomic mass is 16.6. The van der Waals surface area contributed by atoms with Gasteiger partial charge in [-0.05, 0) is 51.2 Å². The van der Waals surface area contributed by atoms with E-state index in [2.05, 4.69) is 36.4 Å². The second-order valence-corrected chi connectivity index (χ2v) is 9.28. The van der Waals surface area contributed by atoms with Crippen molar-refractivity contribution in [2.75, 3.05) is 13.2 Å². The van der Waals surface area contributed by atoms with Gasteiger partial charge in [-0.3, -0.25) is 4.90 Å². The summed E-state index contributed by atoms with van der Waals surface area (Å²) in [5, 5.41) is 0. The SMILES string of the molecule is CC(C)(C)OC(=O)N1CCC[C@@]2(CC(c3ccccc3)CO2)C1c1ccccc1. The van der Waals surface area contributed by atoms with Gasteiger partial charge in [-0.15, -0.1) is 0 Å². The Labute approximate surface area is 173 Å². The van der Waals surface area contributed by atoms with Crippen LogP contribution in [0.3, 0.4) is 0 Å². The van der Waals surface area contributed by atoms with Crippen molar-refractivity contribution in [2.45, 2.75) is 63.2 Å². The summed E-state index contributed by atoms with van der Waals surface area (Å²) in [6.45, 7) is 7.13. The van der Waals surface area contributed by atoms with Gasteiger partial charge in [-0.1, -0.05) is 60.7 Å². The van der Waals surface area contributed by atoms with E-state index in [1.165, 1.54) is 5.56 Å². The van der Waals surface area contributed by atoms with Gasteiger partial charge < -0.3 is 9.47 Å². The molecule has 2 aromatic rings. The first-order chi connectivity index (χ1) is 13.9. The number of nitrogens with zero attached hydrogens (tertiary/aromatic N) is 1. The Balaban J connectivity index is 1.68. The second-order valence-electron chi connectivity index (χ2n) is 9.28.